The molecule has 0 aliphatic rings. The van der Waals surface area contributed by atoms with Crippen LogP contribution in [0.15, 0.2) is 88.5 Å². The fourth-order valence-electron chi connectivity index (χ4n) is 2.56. The summed E-state index contributed by atoms with van der Waals surface area (Å²) in [6.07, 6.45) is 0. The van der Waals surface area contributed by atoms with Gasteiger partial charge in [0.2, 0.25) is 5.91 Å². The van der Waals surface area contributed by atoms with Crippen LogP contribution in [0.3, 0.4) is 0 Å². The number of benzene rings is 3. The first-order valence-electron chi connectivity index (χ1n) is 8.47. The van der Waals surface area contributed by atoms with Crippen LogP contribution in [0.5, 0.6) is 0 Å². The minimum absolute atomic E-state index is 0.106. The molecule has 0 spiro atoms. The Balaban J connectivity index is 1.31. The molecule has 0 fully saturated rings. The number of anilines is 3. The van der Waals surface area contributed by atoms with Gasteiger partial charge in [-0.25, -0.2) is 4.98 Å². The number of rotatable bonds is 6. The summed E-state index contributed by atoms with van der Waals surface area (Å²) in [5.41, 5.74) is 4.24. The van der Waals surface area contributed by atoms with E-state index in [0.29, 0.717) is 5.22 Å². The van der Waals surface area contributed by atoms with Crippen molar-refractivity contribution < 1.29 is 9.21 Å². The summed E-state index contributed by atoms with van der Waals surface area (Å²) in [6.45, 7) is 0. The maximum absolute atomic E-state index is 12.2. The standard InChI is InChI=1S/C21H17N3O2S/c25-20(14-27-21-24-18-8-4-5-9-19(18)26-21)23-17-12-10-16(11-13-17)22-15-6-2-1-3-7-15/h1-13,22H,14H2,(H,23,25). The largest absolute Gasteiger partial charge is 0.431 e. The van der Waals surface area contributed by atoms with Gasteiger partial charge in [0.15, 0.2) is 5.58 Å². The molecule has 0 unspecified atom stereocenters. The number of nitrogens with one attached hydrogen (secondary N) is 2. The molecule has 4 rings (SSSR count). The SMILES string of the molecule is O=C(CSc1nc2ccccc2o1)Nc1ccc(Nc2ccccc2)cc1. The van der Waals surface area contributed by atoms with Gasteiger partial charge in [0, 0.05) is 17.1 Å². The van der Waals surface area contributed by atoms with Crippen LogP contribution < -0.4 is 10.6 Å². The number of aromatic nitrogens is 1. The Kier molecular flexibility index (Phi) is 5.07. The molecule has 6 heteroatoms. The summed E-state index contributed by atoms with van der Waals surface area (Å²) in [4.78, 5) is 16.5. The number of hydrogen-bond acceptors (Lipinski definition) is 5. The Morgan fingerprint density at radius 1 is 0.852 bits per heavy atom. The first-order chi connectivity index (χ1) is 13.3. The van der Waals surface area contributed by atoms with Gasteiger partial charge < -0.3 is 15.1 Å². The zero-order chi connectivity index (χ0) is 18.5. The lowest BCUT2D eigenvalue weighted by Crippen LogP contribution is -2.13. The number of carbonyl (C=O) groups excluding carboxylic acids is 1. The molecule has 0 saturated heterocycles. The predicted molar refractivity (Wildman–Crippen MR) is 110 cm³/mol. The molecular formula is C21H17N3O2S. The topological polar surface area (TPSA) is 67.2 Å². The van der Waals surface area contributed by atoms with Crippen molar-refractivity contribution in [2.45, 2.75) is 5.22 Å². The lowest BCUT2D eigenvalue weighted by atomic mass is 10.2. The van der Waals surface area contributed by atoms with Crippen molar-refractivity contribution >= 4 is 45.8 Å². The number of hydrogen-bond donors (Lipinski definition) is 2. The van der Waals surface area contributed by atoms with Crippen LogP contribution in [0.1, 0.15) is 0 Å². The molecule has 0 radical (unpaired) electrons. The second kappa shape index (κ2) is 7.97. The van der Waals surface area contributed by atoms with Crippen molar-refractivity contribution in [2.24, 2.45) is 0 Å². The molecule has 0 aliphatic heterocycles. The molecule has 1 amide bonds. The molecule has 0 atom stereocenters. The van der Waals surface area contributed by atoms with Crippen molar-refractivity contribution in [2.75, 3.05) is 16.4 Å². The van der Waals surface area contributed by atoms with E-state index in [1.54, 1.807) is 0 Å². The molecule has 3 aromatic carbocycles. The fraction of sp³-hybridized carbons (Fsp3) is 0.0476. The number of thioether (sulfide) groups is 1. The molecule has 5 nitrogen and oxygen atoms in total. The molecule has 134 valence electrons. The van der Waals surface area contributed by atoms with Gasteiger partial charge in [0.05, 0.1) is 5.75 Å². The Morgan fingerprint density at radius 3 is 2.30 bits per heavy atom. The van der Waals surface area contributed by atoms with Crippen molar-refractivity contribution in [3.05, 3.63) is 78.9 Å². The zero-order valence-electron chi connectivity index (χ0n) is 14.4. The molecular weight excluding hydrogens is 358 g/mol. The van der Waals surface area contributed by atoms with Gasteiger partial charge in [-0.15, -0.1) is 0 Å². The summed E-state index contributed by atoms with van der Waals surface area (Å²) in [7, 11) is 0. The predicted octanol–water partition coefficient (Wildman–Crippen LogP) is 5.30. The fourth-order valence-corrected chi connectivity index (χ4v) is 3.20. The van der Waals surface area contributed by atoms with Crippen molar-refractivity contribution in [3.8, 4) is 0 Å². The first-order valence-corrected chi connectivity index (χ1v) is 9.45. The van der Waals surface area contributed by atoms with Gasteiger partial charge in [-0.2, -0.15) is 0 Å². The van der Waals surface area contributed by atoms with Crippen LogP contribution in [0.25, 0.3) is 11.1 Å². The zero-order valence-corrected chi connectivity index (χ0v) is 15.2. The van der Waals surface area contributed by atoms with Gasteiger partial charge in [-0.1, -0.05) is 42.1 Å². The third kappa shape index (κ3) is 4.48. The van der Waals surface area contributed by atoms with Crippen LogP contribution in [0.2, 0.25) is 0 Å². The number of oxazole rings is 1. The summed E-state index contributed by atoms with van der Waals surface area (Å²) in [6, 6.07) is 25.1. The Labute approximate surface area is 160 Å². The number of carbonyl (C=O) groups is 1. The number of nitrogens with zero attached hydrogens (tertiary/aromatic N) is 1. The second-order valence-electron chi connectivity index (χ2n) is 5.85. The summed E-state index contributed by atoms with van der Waals surface area (Å²) < 4.78 is 5.60. The van der Waals surface area contributed by atoms with Crippen LogP contribution >= 0.6 is 11.8 Å². The monoisotopic (exact) mass is 375 g/mol. The molecule has 1 heterocycles. The first kappa shape index (κ1) is 17.2. The van der Waals surface area contributed by atoms with Crippen LogP contribution in [0, 0.1) is 0 Å². The molecule has 0 bridgehead atoms. The smallest absolute Gasteiger partial charge is 0.257 e. The van der Waals surface area contributed by atoms with E-state index in [2.05, 4.69) is 15.6 Å². The average molecular weight is 375 g/mol. The van der Waals surface area contributed by atoms with Gasteiger partial charge in [0.25, 0.3) is 5.22 Å². The van der Waals surface area contributed by atoms with E-state index < -0.39 is 0 Å². The molecule has 1 aromatic heterocycles. The molecule has 27 heavy (non-hydrogen) atoms. The van der Waals surface area contributed by atoms with E-state index in [0.717, 1.165) is 28.2 Å². The van der Waals surface area contributed by atoms with E-state index in [-0.39, 0.29) is 11.7 Å². The lowest BCUT2D eigenvalue weighted by Gasteiger charge is -2.08. The summed E-state index contributed by atoms with van der Waals surface area (Å²) in [5.74, 6) is 0.127. The van der Waals surface area contributed by atoms with Gasteiger partial charge in [0.1, 0.15) is 5.52 Å². The highest BCUT2D eigenvalue weighted by molar-refractivity contribution is 7.99. The van der Waals surface area contributed by atoms with Crippen LogP contribution in [-0.4, -0.2) is 16.6 Å². The minimum Gasteiger partial charge on any atom is -0.431 e. The van der Waals surface area contributed by atoms with E-state index >= 15 is 0 Å². The lowest BCUT2D eigenvalue weighted by molar-refractivity contribution is -0.113. The molecule has 0 saturated carbocycles. The average Bonchev–Trinajstić information content (AvgIpc) is 3.12. The highest BCUT2D eigenvalue weighted by atomic mass is 32.2. The molecule has 4 aromatic rings. The third-order valence-corrected chi connectivity index (χ3v) is 4.66. The van der Waals surface area contributed by atoms with Crippen molar-refractivity contribution in [1.82, 2.24) is 4.98 Å². The van der Waals surface area contributed by atoms with E-state index in [1.807, 2.05) is 78.9 Å². The number of fused-ring (bicyclic) bond motifs is 1. The van der Waals surface area contributed by atoms with E-state index in [9.17, 15) is 4.79 Å². The van der Waals surface area contributed by atoms with E-state index in [4.69, 9.17) is 4.42 Å². The normalized spacial score (nSPS) is 10.7. The van der Waals surface area contributed by atoms with Gasteiger partial charge in [-0.05, 0) is 48.5 Å². The van der Waals surface area contributed by atoms with Gasteiger partial charge >= 0.3 is 0 Å². The van der Waals surface area contributed by atoms with Crippen molar-refractivity contribution in [3.63, 3.8) is 0 Å². The highest BCUT2D eigenvalue weighted by Gasteiger charge is 2.09. The third-order valence-electron chi connectivity index (χ3n) is 3.83. The second-order valence-corrected chi connectivity index (χ2v) is 6.78. The van der Waals surface area contributed by atoms with Gasteiger partial charge in [-0.3, -0.25) is 4.79 Å². The summed E-state index contributed by atoms with van der Waals surface area (Å²) >= 11 is 1.28. The van der Waals surface area contributed by atoms with E-state index in [1.165, 1.54) is 11.8 Å². The van der Waals surface area contributed by atoms with Crippen LogP contribution in [0.4, 0.5) is 17.1 Å². The number of amides is 1. The maximum Gasteiger partial charge on any atom is 0.257 e. The molecule has 2 N–H and O–H groups in total. The highest BCUT2D eigenvalue weighted by Crippen LogP contribution is 2.23. The quantitative estimate of drug-likeness (QED) is 0.448. The Hall–Kier alpha value is -3.25. The maximum atomic E-state index is 12.2. The Bertz CT molecular complexity index is 1010. The Morgan fingerprint density at radius 2 is 1.52 bits per heavy atom. The molecule has 0 aliphatic carbocycles. The van der Waals surface area contributed by atoms with Crippen LogP contribution in [-0.2, 0) is 4.79 Å². The minimum atomic E-state index is -0.106. The number of para-hydroxylation sites is 3. The van der Waals surface area contributed by atoms with Crippen molar-refractivity contribution in [1.29, 1.82) is 0 Å². The summed E-state index contributed by atoms with van der Waals surface area (Å²) in [5, 5.41) is 6.68.